The fraction of sp³-hybridized carbons (Fsp3) is 0.409. The van der Waals surface area contributed by atoms with E-state index in [2.05, 4.69) is 10.3 Å². The molecule has 0 unspecified atom stereocenters. The number of para-hydroxylation sites is 2. The molecule has 4 rings (SSSR count). The highest BCUT2D eigenvalue weighted by Crippen LogP contribution is 2.33. The number of methoxy groups -OCH3 is 1. The van der Waals surface area contributed by atoms with Crippen molar-refractivity contribution >= 4 is 28.3 Å². The first-order valence-corrected chi connectivity index (χ1v) is 11.0. The van der Waals surface area contributed by atoms with Crippen LogP contribution in [0.25, 0.3) is 0 Å². The number of nitrogens with one attached hydrogen (secondary N) is 1. The Morgan fingerprint density at radius 3 is 2.77 bits per heavy atom. The molecule has 2 amide bonds. The third kappa shape index (κ3) is 4.64. The first-order chi connectivity index (χ1) is 14.6. The van der Waals surface area contributed by atoms with Gasteiger partial charge in [0.05, 0.1) is 13.7 Å². The van der Waals surface area contributed by atoms with Crippen molar-refractivity contribution in [2.24, 2.45) is 5.92 Å². The Bertz CT molecular complexity index is 922. The lowest BCUT2D eigenvalue weighted by Gasteiger charge is -2.29. The number of ether oxygens (including phenoxy) is 2. The number of rotatable bonds is 8. The molecule has 7 nitrogen and oxygen atoms in total. The summed E-state index contributed by atoms with van der Waals surface area (Å²) in [4.78, 5) is 31.6. The van der Waals surface area contributed by atoms with E-state index < -0.39 is 6.04 Å². The molecular formula is C22H25N3O4S. The molecule has 0 radical (unpaired) electrons. The van der Waals surface area contributed by atoms with Gasteiger partial charge in [-0.3, -0.25) is 9.59 Å². The molecule has 1 N–H and O–H groups in total. The van der Waals surface area contributed by atoms with Gasteiger partial charge in [0.1, 0.15) is 11.8 Å². The minimum absolute atomic E-state index is 0.197. The first kappa shape index (κ1) is 20.4. The van der Waals surface area contributed by atoms with E-state index in [1.807, 2.05) is 17.5 Å². The van der Waals surface area contributed by atoms with Gasteiger partial charge in [0.25, 0.3) is 5.91 Å². The molecule has 158 valence electrons. The lowest BCUT2D eigenvalue weighted by atomic mass is 9.97. The lowest BCUT2D eigenvalue weighted by molar-refractivity contribution is -0.134. The number of hydrogen-bond donors (Lipinski definition) is 1. The number of anilines is 1. The summed E-state index contributed by atoms with van der Waals surface area (Å²) >= 11 is 1.36. The number of hydrogen-bond acceptors (Lipinski definition) is 6. The van der Waals surface area contributed by atoms with E-state index in [9.17, 15) is 9.59 Å². The van der Waals surface area contributed by atoms with E-state index in [0.717, 1.165) is 12.8 Å². The second-order valence-electron chi connectivity index (χ2n) is 7.56. The topological polar surface area (TPSA) is 80.8 Å². The van der Waals surface area contributed by atoms with Crippen LogP contribution >= 0.6 is 11.3 Å². The van der Waals surface area contributed by atoms with Crippen LogP contribution in [0.15, 0.2) is 47.7 Å². The molecule has 1 aromatic heterocycles. The second-order valence-corrected chi connectivity index (χ2v) is 8.45. The van der Waals surface area contributed by atoms with Crippen LogP contribution in [-0.2, 0) is 9.59 Å². The molecule has 1 aromatic carbocycles. The van der Waals surface area contributed by atoms with E-state index in [1.54, 1.807) is 30.3 Å². The van der Waals surface area contributed by atoms with Gasteiger partial charge < -0.3 is 19.7 Å². The van der Waals surface area contributed by atoms with Crippen molar-refractivity contribution in [3.05, 3.63) is 47.7 Å². The summed E-state index contributed by atoms with van der Waals surface area (Å²) in [5, 5.41) is 5.22. The van der Waals surface area contributed by atoms with E-state index in [0.29, 0.717) is 34.7 Å². The van der Waals surface area contributed by atoms with Crippen LogP contribution in [0.3, 0.4) is 0 Å². The molecule has 0 bridgehead atoms. The smallest absolute Gasteiger partial charge is 0.251 e. The summed E-state index contributed by atoms with van der Waals surface area (Å²) in [5.74, 6) is 1.68. The van der Waals surface area contributed by atoms with E-state index in [-0.39, 0.29) is 18.4 Å². The predicted octanol–water partition coefficient (Wildman–Crippen LogP) is 3.84. The molecule has 0 spiro atoms. The molecule has 1 aliphatic heterocycles. The molecule has 1 fully saturated rings. The Kier molecular flexibility index (Phi) is 6.32. The molecule has 2 aliphatic rings. The minimum atomic E-state index is -0.556. The van der Waals surface area contributed by atoms with Crippen molar-refractivity contribution < 1.29 is 19.1 Å². The van der Waals surface area contributed by atoms with Crippen LogP contribution in [-0.4, -0.2) is 41.4 Å². The predicted molar refractivity (Wildman–Crippen MR) is 115 cm³/mol. The number of carbonyl (C=O) groups excluding carboxylic acids is 2. The Hall–Kier alpha value is -2.87. The van der Waals surface area contributed by atoms with Gasteiger partial charge in [-0.2, -0.15) is 0 Å². The van der Waals surface area contributed by atoms with Crippen LogP contribution in [0.4, 0.5) is 5.13 Å². The monoisotopic (exact) mass is 427 g/mol. The zero-order valence-corrected chi connectivity index (χ0v) is 17.7. The van der Waals surface area contributed by atoms with Gasteiger partial charge >= 0.3 is 0 Å². The highest BCUT2D eigenvalue weighted by molar-refractivity contribution is 7.13. The van der Waals surface area contributed by atoms with Crippen LogP contribution in [0.1, 0.15) is 32.1 Å². The third-order valence-electron chi connectivity index (χ3n) is 5.58. The minimum Gasteiger partial charge on any atom is -0.493 e. The largest absolute Gasteiger partial charge is 0.493 e. The Morgan fingerprint density at radius 1 is 1.30 bits per heavy atom. The SMILES string of the molecule is COc1ccccc1OC1=CC(=O)N([C@@H](CC2CCCC2)C(=O)Nc2nccs2)C1. The summed E-state index contributed by atoms with van der Waals surface area (Å²) < 4.78 is 11.3. The number of thiazole rings is 1. The number of amides is 2. The molecule has 30 heavy (non-hydrogen) atoms. The summed E-state index contributed by atoms with van der Waals surface area (Å²) in [6.45, 7) is 0.250. The summed E-state index contributed by atoms with van der Waals surface area (Å²) in [6.07, 6.45) is 8.32. The van der Waals surface area contributed by atoms with Crippen LogP contribution in [0.5, 0.6) is 11.5 Å². The van der Waals surface area contributed by atoms with Crippen LogP contribution < -0.4 is 14.8 Å². The van der Waals surface area contributed by atoms with Crippen molar-refractivity contribution in [3.8, 4) is 11.5 Å². The fourth-order valence-corrected chi connectivity index (χ4v) is 4.63. The van der Waals surface area contributed by atoms with Crippen molar-refractivity contribution in [3.63, 3.8) is 0 Å². The Morgan fingerprint density at radius 2 is 2.07 bits per heavy atom. The zero-order valence-electron chi connectivity index (χ0n) is 16.9. The van der Waals surface area contributed by atoms with Gasteiger partial charge in [-0.25, -0.2) is 4.98 Å². The standard InChI is InChI=1S/C22H25N3O4S/c1-28-18-8-4-5-9-19(18)29-16-13-20(26)25(14-16)17(12-15-6-2-3-7-15)21(27)24-22-23-10-11-30-22/h4-5,8-11,13,15,17H,2-3,6-7,12,14H2,1H3,(H,23,24,27)/t17-/m0/s1. The normalized spacial score (nSPS) is 17.7. The fourth-order valence-electron chi connectivity index (χ4n) is 4.09. The molecule has 1 atom stereocenters. The molecule has 1 saturated carbocycles. The van der Waals surface area contributed by atoms with E-state index in [1.165, 1.54) is 30.3 Å². The maximum atomic E-state index is 13.1. The van der Waals surface area contributed by atoms with Crippen molar-refractivity contribution in [2.75, 3.05) is 19.0 Å². The Balaban J connectivity index is 1.49. The first-order valence-electron chi connectivity index (χ1n) is 10.2. The van der Waals surface area contributed by atoms with Crippen molar-refractivity contribution in [1.82, 2.24) is 9.88 Å². The zero-order chi connectivity index (χ0) is 20.9. The number of aromatic nitrogens is 1. The summed E-state index contributed by atoms with van der Waals surface area (Å²) in [6, 6.07) is 6.73. The van der Waals surface area contributed by atoms with Gasteiger partial charge in [-0.05, 0) is 24.5 Å². The maximum Gasteiger partial charge on any atom is 0.251 e. The lowest BCUT2D eigenvalue weighted by Crippen LogP contribution is -2.46. The van der Waals surface area contributed by atoms with Gasteiger partial charge in [0, 0.05) is 17.7 Å². The molecular weight excluding hydrogens is 402 g/mol. The van der Waals surface area contributed by atoms with E-state index >= 15 is 0 Å². The second kappa shape index (κ2) is 9.30. The summed E-state index contributed by atoms with van der Waals surface area (Å²) in [7, 11) is 1.57. The van der Waals surface area contributed by atoms with Crippen molar-refractivity contribution in [2.45, 2.75) is 38.1 Å². The average molecular weight is 428 g/mol. The molecule has 2 aromatic rings. The van der Waals surface area contributed by atoms with Crippen LogP contribution in [0.2, 0.25) is 0 Å². The number of nitrogens with zero attached hydrogens (tertiary/aromatic N) is 2. The van der Waals surface area contributed by atoms with Gasteiger partial charge in [0.15, 0.2) is 16.6 Å². The number of carbonyl (C=O) groups is 2. The van der Waals surface area contributed by atoms with Gasteiger partial charge in [0.2, 0.25) is 5.91 Å². The number of benzene rings is 1. The highest BCUT2D eigenvalue weighted by Gasteiger charge is 2.36. The molecule has 0 saturated heterocycles. The third-order valence-corrected chi connectivity index (χ3v) is 6.27. The summed E-state index contributed by atoms with van der Waals surface area (Å²) in [5.41, 5.74) is 0. The quantitative estimate of drug-likeness (QED) is 0.692. The van der Waals surface area contributed by atoms with Gasteiger partial charge in [-0.15, -0.1) is 11.3 Å². The Labute approximate surface area is 179 Å². The molecule has 8 heteroatoms. The van der Waals surface area contributed by atoms with E-state index in [4.69, 9.17) is 9.47 Å². The maximum absolute atomic E-state index is 13.1. The van der Waals surface area contributed by atoms with Crippen molar-refractivity contribution in [1.29, 1.82) is 0 Å². The van der Waals surface area contributed by atoms with Crippen LogP contribution in [0, 0.1) is 5.92 Å². The highest BCUT2D eigenvalue weighted by atomic mass is 32.1. The molecule has 1 aliphatic carbocycles. The average Bonchev–Trinajstić information content (AvgIpc) is 3.50. The molecule has 2 heterocycles. The van der Waals surface area contributed by atoms with Gasteiger partial charge in [-0.1, -0.05) is 37.8 Å².